The summed E-state index contributed by atoms with van der Waals surface area (Å²) in [6.45, 7) is 5.96. The van der Waals surface area contributed by atoms with E-state index in [1.807, 2.05) is 6.92 Å². The van der Waals surface area contributed by atoms with Crippen molar-refractivity contribution in [2.75, 3.05) is 13.2 Å². The Labute approximate surface area is 197 Å². The molecule has 0 fully saturated rings. The number of hydrogen-bond donors (Lipinski definition) is 0. The zero-order chi connectivity index (χ0) is 24.4. The van der Waals surface area contributed by atoms with Crippen LogP contribution in [0.3, 0.4) is 0 Å². The topological polar surface area (TPSA) is 126 Å². The molecule has 0 bridgehead atoms. The largest absolute Gasteiger partial charge is 0.494 e. The average Bonchev–Trinajstić information content (AvgIpc) is 3.39. The summed E-state index contributed by atoms with van der Waals surface area (Å²) < 4.78 is 17.6. The lowest BCUT2D eigenvalue weighted by molar-refractivity contribution is -0.402. The maximum Gasteiger partial charge on any atom is 0.433 e. The maximum atomic E-state index is 13.5. The van der Waals surface area contributed by atoms with Crippen molar-refractivity contribution in [3.05, 3.63) is 88.8 Å². The first-order valence-corrected chi connectivity index (χ1v) is 11.3. The quantitative estimate of drug-likeness (QED) is 0.287. The number of nitrogens with zero attached hydrogens (tertiary/aromatic N) is 3. The minimum absolute atomic E-state index is 0.163. The molecule has 0 radical (unpaired) electrons. The van der Waals surface area contributed by atoms with Crippen molar-refractivity contribution in [1.82, 2.24) is 4.57 Å². The van der Waals surface area contributed by atoms with Crippen LogP contribution in [0.4, 0.5) is 5.88 Å². The number of esters is 1. The number of fused-ring (bicyclic) bond motifs is 1. The summed E-state index contributed by atoms with van der Waals surface area (Å²) in [5.74, 6) is -0.155. The molecule has 1 aliphatic rings. The van der Waals surface area contributed by atoms with E-state index in [2.05, 4.69) is 4.99 Å². The summed E-state index contributed by atoms with van der Waals surface area (Å²) in [6.07, 6.45) is 1.43. The lowest BCUT2D eigenvalue weighted by Gasteiger charge is -2.24. The normalized spacial score (nSPS) is 15.6. The van der Waals surface area contributed by atoms with Gasteiger partial charge in [-0.2, -0.15) is 0 Å². The van der Waals surface area contributed by atoms with Gasteiger partial charge in [0.2, 0.25) is 0 Å². The minimum atomic E-state index is -0.765. The van der Waals surface area contributed by atoms with Crippen molar-refractivity contribution in [2.24, 2.45) is 4.99 Å². The fourth-order valence-corrected chi connectivity index (χ4v) is 4.69. The van der Waals surface area contributed by atoms with Crippen LogP contribution in [0.5, 0.6) is 5.75 Å². The molecule has 0 saturated carbocycles. The van der Waals surface area contributed by atoms with E-state index in [9.17, 15) is 19.7 Å². The first kappa shape index (κ1) is 23.2. The highest BCUT2D eigenvalue weighted by Crippen LogP contribution is 2.31. The first-order valence-electron chi connectivity index (χ1n) is 10.5. The summed E-state index contributed by atoms with van der Waals surface area (Å²) in [6, 6.07) is 8.99. The van der Waals surface area contributed by atoms with Crippen molar-refractivity contribution in [3.63, 3.8) is 0 Å². The Hall–Kier alpha value is -3.99. The van der Waals surface area contributed by atoms with Crippen LogP contribution in [-0.4, -0.2) is 28.7 Å². The van der Waals surface area contributed by atoms with Gasteiger partial charge in [0.05, 0.1) is 41.1 Å². The third-order valence-electron chi connectivity index (χ3n) is 5.09. The molecular formula is C23H21N3O7S. The Morgan fingerprint density at radius 2 is 1.97 bits per heavy atom. The van der Waals surface area contributed by atoms with E-state index in [0.29, 0.717) is 28.4 Å². The standard InChI is InChI=1S/C23H21N3O7S/c1-4-31-15-8-6-14(7-9-15)20-19(22(28)32-5-2)13(3)24-23-25(20)21(27)17(34-23)12-16-10-11-18(33-16)26(29)30/h6-12,20H,4-5H2,1-3H3/b17-12-. The van der Waals surface area contributed by atoms with E-state index in [1.54, 1.807) is 38.1 Å². The van der Waals surface area contributed by atoms with Crippen LogP contribution in [0, 0.1) is 10.1 Å². The molecule has 0 N–H and O–H groups in total. The lowest BCUT2D eigenvalue weighted by Crippen LogP contribution is -2.39. The van der Waals surface area contributed by atoms with Crippen molar-refractivity contribution in [1.29, 1.82) is 0 Å². The molecule has 4 rings (SSSR count). The molecule has 3 heterocycles. The summed E-state index contributed by atoms with van der Waals surface area (Å²) in [7, 11) is 0. The summed E-state index contributed by atoms with van der Waals surface area (Å²) in [5, 5.41) is 10.9. The van der Waals surface area contributed by atoms with Crippen molar-refractivity contribution >= 4 is 29.3 Å². The van der Waals surface area contributed by atoms with E-state index in [0.717, 1.165) is 11.3 Å². The van der Waals surface area contributed by atoms with Crippen LogP contribution in [0.1, 0.15) is 38.1 Å². The molecule has 1 atom stereocenters. The molecule has 11 heteroatoms. The van der Waals surface area contributed by atoms with Crippen LogP contribution in [0.15, 0.2) is 61.9 Å². The van der Waals surface area contributed by atoms with Gasteiger partial charge >= 0.3 is 11.9 Å². The number of ether oxygens (including phenoxy) is 2. The van der Waals surface area contributed by atoms with Gasteiger partial charge < -0.3 is 13.9 Å². The molecule has 0 amide bonds. The molecular weight excluding hydrogens is 462 g/mol. The highest BCUT2D eigenvalue weighted by Gasteiger charge is 2.33. The number of hydrogen-bond acceptors (Lipinski definition) is 9. The second-order valence-electron chi connectivity index (χ2n) is 7.24. The van der Waals surface area contributed by atoms with Crippen molar-refractivity contribution < 1.29 is 23.6 Å². The molecule has 1 aliphatic heterocycles. The number of allylic oxidation sites excluding steroid dienone is 1. The van der Waals surface area contributed by atoms with Gasteiger partial charge in [-0.3, -0.25) is 19.5 Å². The average molecular weight is 484 g/mol. The van der Waals surface area contributed by atoms with Crippen LogP contribution in [0.2, 0.25) is 0 Å². The predicted octanol–water partition coefficient (Wildman–Crippen LogP) is 2.70. The number of nitro groups is 1. The second-order valence-corrected chi connectivity index (χ2v) is 8.25. The molecule has 34 heavy (non-hydrogen) atoms. The Morgan fingerprint density at radius 1 is 1.24 bits per heavy atom. The molecule has 1 aromatic carbocycles. The highest BCUT2D eigenvalue weighted by atomic mass is 32.1. The molecule has 1 unspecified atom stereocenters. The monoisotopic (exact) mass is 483 g/mol. The third kappa shape index (κ3) is 4.29. The third-order valence-corrected chi connectivity index (χ3v) is 6.07. The minimum Gasteiger partial charge on any atom is -0.494 e. The summed E-state index contributed by atoms with van der Waals surface area (Å²) in [5.41, 5.74) is 0.982. The van der Waals surface area contributed by atoms with Crippen molar-refractivity contribution in [3.8, 4) is 5.75 Å². The van der Waals surface area contributed by atoms with Crippen molar-refractivity contribution in [2.45, 2.75) is 26.8 Å². The molecule has 10 nitrogen and oxygen atoms in total. The van der Waals surface area contributed by atoms with E-state index in [4.69, 9.17) is 13.9 Å². The molecule has 0 aliphatic carbocycles. The number of thiazole rings is 1. The van der Waals surface area contributed by atoms with Crippen LogP contribution < -0.4 is 19.6 Å². The highest BCUT2D eigenvalue weighted by molar-refractivity contribution is 7.07. The molecule has 3 aromatic rings. The Balaban J connectivity index is 1.89. The van der Waals surface area contributed by atoms with E-state index >= 15 is 0 Å². The van der Waals surface area contributed by atoms with Crippen LogP contribution in [-0.2, 0) is 9.53 Å². The predicted molar refractivity (Wildman–Crippen MR) is 123 cm³/mol. The smallest absolute Gasteiger partial charge is 0.433 e. The van der Waals surface area contributed by atoms with E-state index in [-0.39, 0.29) is 22.5 Å². The number of carbonyl (C=O) groups excluding carboxylic acids is 1. The van der Waals surface area contributed by atoms with Gasteiger partial charge in [-0.15, -0.1) is 0 Å². The van der Waals surface area contributed by atoms with Gasteiger partial charge in [-0.1, -0.05) is 23.5 Å². The van der Waals surface area contributed by atoms with Gasteiger partial charge in [-0.05, 0) is 44.5 Å². The zero-order valence-electron chi connectivity index (χ0n) is 18.6. The fourth-order valence-electron chi connectivity index (χ4n) is 3.67. The molecule has 176 valence electrons. The fraction of sp³-hybridized carbons (Fsp3) is 0.261. The van der Waals surface area contributed by atoms with E-state index < -0.39 is 28.4 Å². The number of rotatable bonds is 7. The second kappa shape index (κ2) is 9.48. The van der Waals surface area contributed by atoms with Gasteiger partial charge in [0.25, 0.3) is 5.56 Å². The summed E-state index contributed by atoms with van der Waals surface area (Å²) >= 11 is 1.10. The van der Waals surface area contributed by atoms with Gasteiger partial charge in [0.1, 0.15) is 16.4 Å². The molecule has 0 spiro atoms. The summed E-state index contributed by atoms with van der Waals surface area (Å²) in [4.78, 5) is 41.5. The molecule has 2 aromatic heterocycles. The lowest BCUT2D eigenvalue weighted by atomic mass is 9.96. The van der Waals surface area contributed by atoms with Crippen LogP contribution >= 0.6 is 11.3 Å². The van der Waals surface area contributed by atoms with Gasteiger partial charge in [0.15, 0.2) is 4.80 Å². The Morgan fingerprint density at radius 3 is 2.59 bits per heavy atom. The van der Waals surface area contributed by atoms with Gasteiger partial charge in [-0.25, -0.2) is 9.79 Å². The van der Waals surface area contributed by atoms with Gasteiger partial charge in [0, 0.05) is 6.08 Å². The number of benzene rings is 1. The van der Waals surface area contributed by atoms with Crippen LogP contribution in [0.25, 0.3) is 6.08 Å². The Bertz CT molecular complexity index is 1460. The first-order chi connectivity index (χ1) is 16.3. The number of aromatic nitrogens is 1. The maximum absolute atomic E-state index is 13.5. The molecule has 0 saturated heterocycles. The Kier molecular flexibility index (Phi) is 6.46. The SMILES string of the molecule is CCOC(=O)C1=C(C)N=c2s/c(=C\c3ccc([N+](=O)[O-])o3)c(=O)n2C1c1ccc(OCC)cc1. The number of carbonyl (C=O) groups is 1. The van der Waals surface area contributed by atoms with E-state index in [1.165, 1.54) is 22.8 Å². The zero-order valence-corrected chi connectivity index (χ0v) is 19.5. The number of furan rings is 1.